The highest BCUT2D eigenvalue weighted by Gasteiger charge is 2.34. The molecule has 3 rings (SSSR count). The van der Waals surface area contributed by atoms with E-state index in [4.69, 9.17) is 0 Å². The van der Waals surface area contributed by atoms with E-state index in [1.807, 2.05) is 0 Å². The Bertz CT molecular complexity index is 778. The van der Waals surface area contributed by atoms with Gasteiger partial charge in [-0.05, 0) is 30.9 Å². The molecule has 0 bridgehead atoms. The van der Waals surface area contributed by atoms with Gasteiger partial charge in [0.25, 0.3) is 5.91 Å². The Balaban J connectivity index is 1.93. The number of aromatic nitrogens is 2. The monoisotopic (exact) mass is 353 g/mol. The number of likely N-dealkylation sites (tertiary alicyclic amines) is 1. The smallest absolute Gasteiger partial charge is 0.418 e. The van der Waals surface area contributed by atoms with E-state index in [-0.39, 0.29) is 11.4 Å². The van der Waals surface area contributed by atoms with Gasteiger partial charge in [0.15, 0.2) is 11.4 Å². The molecule has 1 aromatic carbocycles. The minimum atomic E-state index is -4.56. The van der Waals surface area contributed by atoms with Crippen LogP contribution in [0.25, 0.3) is 5.69 Å². The number of alkyl halides is 3. The molecule has 1 saturated heterocycles. The highest BCUT2D eigenvalue weighted by Crippen LogP contribution is 2.34. The maximum atomic E-state index is 13.1. The van der Waals surface area contributed by atoms with Crippen molar-refractivity contribution in [3.8, 4) is 11.4 Å². The first kappa shape index (κ1) is 17.3. The number of para-hydroxylation sites is 1. The number of aromatic hydroxyl groups is 1. The number of halogens is 3. The van der Waals surface area contributed by atoms with Crippen molar-refractivity contribution in [3.63, 3.8) is 0 Å². The normalized spacial score (nSPS) is 16.2. The summed E-state index contributed by atoms with van der Waals surface area (Å²) in [7, 11) is 0. The van der Waals surface area contributed by atoms with Gasteiger partial charge in [0.1, 0.15) is 0 Å². The van der Waals surface area contributed by atoms with Gasteiger partial charge in [0.2, 0.25) is 0 Å². The first-order chi connectivity index (χ1) is 11.8. The second kappa shape index (κ2) is 6.42. The van der Waals surface area contributed by atoms with Crippen LogP contribution in [0.3, 0.4) is 0 Å². The van der Waals surface area contributed by atoms with Crippen LogP contribution >= 0.6 is 0 Å². The highest BCUT2D eigenvalue weighted by atomic mass is 19.4. The largest absolute Gasteiger partial charge is 0.504 e. The Morgan fingerprint density at radius 2 is 1.88 bits per heavy atom. The van der Waals surface area contributed by atoms with Crippen molar-refractivity contribution in [3.05, 3.63) is 41.7 Å². The molecule has 2 aromatic rings. The Labute approximate surface area is 142 Å². The van der Waals surface area contributed by atoms with Gasteiger partial charge >= 0.3 is 6.18 Å². The number of piperidine rings is 1. The Morgan fingerprint density at radius 3 is 2.52 bits per heavy atom. The molecule has 1 aromatic heterocycles. The van der Waals surface area contributed by atoms with E-state index in [2.05, 4.69) is 12.0 Å². The van der Waals surface area contributed by atoms with Crippen LogP contribution in [0.15, 0.2) is 30.5 Å². The van der Waals surface area contributed by atoms with Crippen molar-refractivity contribution in [1.82, 2.24) is 14.7 Å². The molecule has 1 fully saturated rings. The number of benzene rings is 1. The molecule has 8 heteroatoms. The predicted molar refractivity (Wildman–Crippen MR) is 84.5 cm³/mol. The number of nitrogens with zero attached hydrogens (tertiary/aromatic N) is 3. The summed E-state index contributed by atoms with van der Waals surface area (Å²) < 4.78 is 40.3. The van der Waals surface area contributed by atoms with E-state index in [1.165, 1.54) is 18.2 Å². The quantitative estimate of drug-likeness (QED) is 0.899. The fourth-order valence-corrected chi connectivity index (χ4v) is 2.92. The van der Waals surface area contributed by atoms with Crippen molar-refractivity contribution in [2.45, 2.75) is 25.9 Å². The summed E-state index contributed by atoms with van der Waals surface area (Å²) in [6.07, 6.45) is -1.83. The zero-order valence-corrected chi connectivity index (χ0v) is 13.6. The lowest BCUT2D eigenvalue weighted by atomic mass is 9.99. The molecular formula is C17H18F3N3O2. The van der Waals surface area contributed by atoms with Crippen molar-refractivity contribution < 1.29 is 23.1 Å². The van der Waals surface area contributed by atoms with Crippen molar-refractivity contribution in [2.75, 3.05) is 13.1 Å². The summed E-state index contributed by atoms with van der Waals surface area (Å²) >= 11 is 0. The lowest BCUT2D eigenvalue weighted by molar-refractivity contribution is -0.137. The third-order valence-electron chi connectivity index (χ3n) is 4.42. The van der Waals surface area contributed by atoms with Gasteiger partial charge in [-0.3, -0.25) is 4.79 Å². The van der Waals surface area contributed by atoms with Gasteiger partial charge in [0, 0.05) is 13.1 Å². The average molecular weight is 353 g/mol. The molecule has 0 unspecified atom stereocenters. The van der Waals surface area contributed by atoms with Crippen LogP contribution in [0, 0.1) is 5.92 Å². The third-order valence-corrected chi connectivity index (χ3v) is 4.42. The summed E-state index contributed by atoms with van der Waals surface area (Å²) in [5, 5.41) is 14.0. The number of hydrogen-bond donors (Lipinski definition) is 1. The number of amides is 1. The molecule has 5 nitrogen and oxygen atoms in total. The van der Waals surface area contributed by atoms with Gasteiger partial charge in [-0.25, -0.2) is 4.68 Å². The lowest BCUT2D eigenvalue weighted by Gasteiger charge is -2.29. The number of rotatable bonds is 2. The molecule has 0 radical (unpaired) electrons. The van der Waals surface area contributed by atoms with E-state index >= 15 is 0 Å². The van der Waals surface area contributed by atoms with Gasteiger partial charge in [0.05, 0.1) is 17.4 Å². The number of carbonyl (C=O) groups excluding carboxylic acids is 1. The maximum Gasteiger partial charge on any atom is 0.418 e. The number of hydrogen-bond acceptors (Lipinski definition) is 3. The van der Waals surface area contributed by atoms with Crippen molar-refractivity contribution in [2.24, 2.45) is 5.92 Å². The van der Waals surface area contributed by atoms with Crippen LogP contribution in [-0.4, -0.2) is 38.8 Å². The zero-order chi connectivity index (χ0) is 18.2. The van der Waals surface area contributed by atoms with Crippen LogP contribution in [-0.2, 0) is 6.18 Å². The van der Waals surface area contributed by atoms with Crippen LogP contribution in [0.5, 0.6) is 5.75 Å². The molecular weight excluding hydrogens is 335 g/mol. The van der Waals surface area contributed by atoms with Crippen molar-refractivity contribution in [1.29, 1.82) is 0 Å². The predicted octanol–water partition coefficient (Wildman–Crippen LogP) is 3.47. The second-order valence-corrected chi connectivity index (χ2v) is 6.30. The minimum Gasteiger partial charge on any atom is -0.504 e. The standard InChI is InChI=1S/C17H18F3N3O2/c1-11-6-8-22(9-7-11)16(25)15-14(24)10-23(21-15)13-5-3-2-4-12(13)17(18,19)20/h2-5,10-11,24H,6-9H2,1H3. The topological polar surface area (TPSA) is 58.4 Å². The second-order valence-electron chi connectivity index (χ2n) is 6.30. The van der Waals surface area contributed by atoms with Crippen LogP contribution in [0.2, 0.25) is 0 Å². The molecule has 0 aliphatic carbocycles. The van der Waals surface area contributed by atoms with Crippen molar-refractivity contribution >= 4 is 5.91 Å². The van der Waals surface area contributed by atoms with Crippen LogP contribution in [0.4, 0.5) is 13.2 Å². The number of carbonyl (C=O) groups is 1. The Kier molecular flexibility index (Phi) is 4.45. The molecule has 1 aliphatic rings. The highest BCUT2D eigenvalue weighted by molar-refractivity contribution is 5.94. The molecule has 0 atom stereocenters. The average Bonchev–Trinajstić information content (AvgIpc) is 2.96. The summed E-state index contributed by atoms with van der Waals surface area (Å²) in [4.78, 5) is 14.1. The molecule has 134 valence electrons. The summed E-state index contributed by atoms with van der Waals surface area (Å²) in [5.74, 6) is -0.373. The van der Waals surface area contributed by atoms with Gasteiger partial charge in [-0.1, -0.05) is 19.1 Å². The van der Waals surface area contributed by atoms with Gasteiger partial charge < -0.3 is 10.0 Å². The third kappa shape index (κ3) is 3.47. The molecule has 25 heavy (non-hydrogen) atoms. The molecule has 0 spiro atoms. The molecule has 1 amide bonds. The van der Waals surface area contributed by atoms with E-state index in [9.17, 15) is 23.1 Å². The summed E-state index contributed by atoms with van der Waals surface area (Å²) in [5.41, 5.74) is -1.36. The van der Waals surface area contributed by atoms with Gasteiger partial charge in [-0.15, -0.1) is 0 Å². The van der Waals surface area contributed by atoms with E-state index < -0.39 is 23.4 Å². The fraction of sp³-hybridized carbons (Fsp3) is 0.412. The van der Waals surface area contributed by atoms with Crippen LogP contribution < -0.4 is 0 Å². The first-order valence-electron chi connectivity index (χ1n) is 8.02. The summed E-state index contributed by atoms with van der Waals surface area (Å²) in [6, 6.07) is 4.89. The first-order valence-corrected chi connectivity index (χ1v) is 8.02. The summed E-state index contributed by atoms with van der Waals surface area (Å²) in [6.45, 7) is 3.19. The molecule has 0 saturated carbocycles. The van der Waals surface area contributed by atoms with Gasteiger partial charge in [-0.2, -0.15) is 18.3 Å². The minimum absolute atomic E-state index is 0.230. The molecule has 2 heterocycles. The van der Waals surface area contributed by atoms with E-state index in [0.29, 0.717) is 19.0 Å². The lowest BCUT2D eigenvalue weighted by Crippen LogP contribution is -2.38. The molecule has 1 N–H and O–H groups in total. The zero-order valence-electron chi connectivity index (χ0n) is 13.6. The SMILES string of the molecule is CC1CCN(C(=O)c2nn(-c3ccccc3C(F)(F)F)cc2O)CC1. The van der Waals surface area contributed by atoms with Crippen LogP contribution in [0.1, 0.15) is 35.8 Å². The Hall–Kier alpha value is -2.51. The Morgan fingerprint density at radius 1 is 1.24 bits per heavy atom. The van der Waals surface area contributed by atoms with E-state index in [0.717, 1.165) is 29.8 Å². The maximum absolute atomic E-state index is 13.1. The fourth-order valence-electron chi connectivity index (χ4n) is 2.92. The molecule has 1 aliphatic heterocycles. The van der Waals surface area contributed by atoms with E-state index in [1.54, 1.807) is 4.90 Å².